The summed E-state index contributed by atoms with van der Waals surface area (Å²) in [4.78, 5) is 29.4. The molecule has 6 heteroatoms. The number of fused-ring (bicyclic) bond motifs is 2. The standard InChI is InChI=1S/C27H26N2O4/c1-32-23-16-19-12-13-28(14-15-29-26(30)20-10-6-7-11-21(20)27(29)31)25(18-8-4-3-5-9-18)22(19)17-24(23)33-2/h3-11,16-17,25H,12-15H2,1-2H3. The third kappa shape index (κ3) is 3.66. The molecule has 2 aliphatic rings. The number of amides is 2. The Balaban J connectivity index is 1.46. The van der Waals surface area contributed by atoms with E-state index in [0.717, 1.165) is 29.8 Å². The molecular weight excluding hydrogens is 416 g/mol. The normalized spacial score (nSPS) is 17.6. The predicted molar refractivity (Wildman–Crippen MR) is 125 cm³/mol. The lowest BCUT2D eigenvalue weighted by atomic mass is 9.87. The van der Waals surface area contributed by atoms with E-state index in [1.54, 1.807) is 38.5 Å². The quantitative estimate of drug-likeness (QED) is 0.541. The number of hydrogen-bond donors (Lipinski definition) is 0. The van der Waals surface area contributed by atoms with Crippen molar-refractivity contribution < 1.29 is 19.1 Å². The van der Waals surface area contributed by atoms with Crippen LogP contribution in [0.25, 0.3) is 0 Å². The van der Waals surface area contributed by atoms with Gasteiger partial charge in [0.25, 0.3) is 11.8 Å². The van der Waals surface area contributed by atoms with Gasteiger partial charge in [0.05, 0.1) is 31.4 Å². The molecule has 0 spiro atoms. The van der Waals surface area contributed by atoms with Gasteiger partial charge in [-0.3, -0.25) is 19.4 Å². The third-order valence-corrected chi connectivity index (χ3v) is 6.58. The molecule has 0 saturated heterocycles. The van der Waals surface area contributed by atoms with Crippen LogP contribution in [0.5, 0.6) is 11.5 Å². The van der Waals surface area contributed by atoms with Gasteiger partial charge in [0.15, 0.2) is 11.5 Å². The highest BCUT2D eigenvalue weighted by Gasteiger charge is 2.36. The van der Waals surface area contributed by atoms with E-state index in [4.69, 9.17) is 9.47 Å². The molecule has 1 atom stereocenters. The van der Waals surface area contributed by atoms with Gasteiger partial charge in [-0.05, 0) is 47.4 Å². The largest absolute Gasteiger partial charge is 0.493 e. The van der Waals surface area contributed by atoms with Crippen molar-refractivity contribution in [3.05, 3.63) is 94.5 Å². The number of rotatable bonds is 6. The highest BCUT2D eigenvalue weighted by molar-refractivity contribution is 6.21. The highest BCUT2D eigenvalue weighted by Crippen LogP contribution is 2.41. The summed E-state index contributed by atoms with van der Waals surface area (Å²) >= 11 is 0. The molecule has 3 aromatic rings. The Labute approximate surface area is 193 Å². The first-order valence-electron chi connectivity index (χ1n) is 11.1. The lowest BCUT2D eigenvalue weighted by Crippen LogP contribution is -2.42. The van der Waals surface area contributed by atoms with Crippen molar-refractivity contribution in [2.75, 3.05) is 33.9 Å². The van der Waals surface area contributed by atoms with E-state index in [1.165, 1.54) is 10.5 Å². The molecule has 0 aliphatic carbocycles. The Kier molecular flexibility index (Phi) is 5.60. The molecule has 2 aliphatic heterocycles. The van der Waals surface area contributed by atoms with Crippen molar-refractivity contribution in [2.24, 2.45) is 0 Å². The maximum Gasteiger partial charge on any atom is 0.261 e. The number of carbonyl (C=O) groups excluding carboxylic acids is 2. The van der Waals surface area contributed by atoms with Gasteiger partial charge in [-0.15, -0.1) is 0 Å². The first kappa shape index (κ1) is 21.2. The SMILES string of the molecule is COc1cc2c(cc1OC)C(c1ccccc1)N(CCN1C(=O)c3ccccc3C1=O)CC2. The Morgan fingerprint density at radius 3 is 2.06 bits per heavy atom. The van der Waals surface area contributed by atoms with Crippen LogP contribution in [0.2, 0.25) is 0 Å². The van der Waals surface area contributed by atoms with Crippen LogP contribution in [0.1, 0.15) is 43.4 Å². The summed E-state index contributed by atoms with van der Waals surface area (Å²) in [6, 6.07) is 21.4. The van der Waals surface area contributed by atoms with Crippen LogP contribution in [-0.4, -0.2) is 55.5 Å². The second kappa shape index (κ2) is 8.71. The lowest BCUT2D eigenvalue weighted by molar-refractivity contribution is 0.0626. The molecule has 2 amide bonds. The van der Waals surface area contributed by atoms with Gasteiger partial charge in [-0.1, -0.05) is 42.5 Å². The fourth-order valence-electron chi connectivity index (χ4n) is 4.93. The van der Waals surface area contributed by atoms with Gasteiger partial charge in [0, 0.05) is 19.6 Å². The fourth-order valence-corrected chi connectivity index (χ4v) is 4.93. The van der Waals surface area contributed by atoms with Crippen molar-refractivity contribution >= 4 is 11.8 Å². The van der Waals surface area contributed by atoms with Crippen LogP contribution in [0.4, 0.5) is 0 Å². The van der Waals surface area contributed by atoms with Crippen LogP contribution in [0.15, 0.2) is 66.7 Å². The van der Waals surface area contributed by atoms with Crippen molar-refractivity contribution in [3.63, 3.8) is 0 Å². The van der Waals surface area contributed by atoms with E-state index in [2.05, 4.69) is 29.2 Å². The first-order chi connectivity index (χ1) is 16.1. The van der Waals surface area contributed by atoms with Gasteiger partial charge < -0.3 is 9.47 Å². The number of imide groups is 1. The zero-order valence-corrected chi connectivity index (χ0v) is 18.8. The number of methoxy groups -OCH3 is 2. The number of carbonyl (C=O) groups is 2. The molecule has 2 heterocycles. The average molecular weight is 443 g/mol. The van der Waals surface area contributed by atoms with Crippen molar-refractivity contribution in [1.29, 1.82) is 0 Å². The minimum atomic E-state index is -0.212. The molecule has 1 unspecified atom stereocenters. The second-order valence-corrected chi connectivity index (χ2v) is 8.31. The molecule has 33 heavy (non-hydrogen) atoms. The van der Waals surface area contributed by atoms with Crippen LogP contribution in [-0.2, 0) is 6.42 Å². The molecule has 5 rings (SSSR count). The zero-order valence-electron chi connectivity index (χ0n) is 18.8. The van der Waals surface area contributed by atoms with Crippen molar-refractivity contribution in [3.8, 4) is 11.5 Å². The number of ether oxygens (including phenoxy) is 2. The van der Waals surface area contributed by atoms with E-state index in [0.29, 0.717) is 30.0 Å². The maximum atomic E-state index is 12.8. The van der Waals surface area contributed by atoms with E-state index >= 15 is 0 Å². The first-order valence-corrected chi connectivity index (χ1v) is 11.1. The minimum Gasteiger partial charge on any atom is -0.493 e. The summed E-state index contributed by atoms with van der Waals surface area (Å²) in [5.74, 6) is 0.994. The smallest absolute Gasteiger partial charge is 0.261 e. The Morgan fingerprint density at radius 2 is 1.42 bits per heavy atom. The van der Waals surface area contributed by atoms with Crippen LogP contribution in [0, 0.1) is 0 Å². The Hall–Kier alpha value is -3.64. The Morgan fingerprint density at radius 1 is 0.818 bits per heavy atom. The zero-order chi connectivity index (χ0) is 22.9. The molecule has 0 radical (unpaired) electrons. The molecular formula is C27H26N2O4. The summed E-state index contributed by atoms with van der Waals surface area (Å²) < 4.78 is 11.1. The van der Waals surface area contributed by atoms with Gasteiger partial charge in [0.2, 0.25) is 0 Å². The minimum absolute atomic E-state index is 0.00932. The van der Waals surface area contributed by atoms with Gasteiger partial charge in [-0.25, -0.2) is 0 Å². The average Bonchev–Trinajstić information content (AvgIpc) is 3.11. The van der Waals surface area contributed by atoms with E-state index in [-0.39, 0.29) is 17.9 Å². The second-order valence-electron chi connectivity index (χ2n) is 8.31. The molecule has 0 aromatic heterocycles. The highest BCUT2D eigenvalue weighted by atomic mass is 16.5. The van der Waals surface area contributed by atoms with Crippen LogP contribution in [0.3, 0.4) is 0 Å². The summed E-state index contributed by atoms with van der Waals surface area (Å²) in [6.45, 7) is 1.74. The molecule has 0 N–H and O–H groups in total. The number of hydrogen-bond acceptors (Lipinski definition) is 5. The lowest BCUT2D eigenvalue weighted by Gasteiger charge is -2.38. The van der Waals surface area contributed by atoms with Crippen molar-refractivity contribution in [2.45, 2.75) is 12.5 Å². The van der Waals surface area contributed by atoms with Gasteiger partial charge in [0.1, 0.15) is 0 Å². The van der Waals surface area contributed by atoms with E-state index in [1.807, 2.05) is 18.2 Å². The molecule has 3 aromatic carbocycles. The molecule has 0 saturated carbocycles. The molecule has 168 valence electrons. The number of nitrogens with zero attached hydrogens (tertiary/aromatic N) is 2. The third-order valence-electron chi connectivity index (χ3n) is 6.58. The van der Waals surface area contributed by atoms with Crippen LogP contribution >= 0.6 is 0 Å². The monoisotopic (exact) mass is 442 g/mol. The molecule has 0 fully saturated rings. The molecule has 0 bridgehead atoms. The summed E-state index contributed by atoms with van der Waals surface area (Å²) in [5, 5.41) is 0. The van der Waals surface area contributed by atoms with Crippen molar-refractivity contribution in [1.82, 2.24) is 9.80 Å². The van der Waals surface area contributed by atoms with Gasteiger partial charge in [-0.2, -0.15) is 0 Å². The molecule has 6 nitrogen and oxygen atoms in total. The Bertz CT molecular complexity index is 1170. The van der Waals surface area contributed by atoms with Crippen LogP contribution < -0.4 is 9.47 Å². The van der Waals surface area contributed by atoms with Gasteiger partial charge >= 0.3 is 0 Å². The predicted octanol–water partition coefficient (Wildman–Crippen LogP) is 3.95. The van der Waals surface area contributed by atoms with E-state index in [9.17, 15) is 9.59 Å². The maximum absolute atomic E-state index is 12.8. The topological polar surface area (TPSA) is 59.1 Å². The van der Waals surface area contributed by atoms with E-state index < -0.39 is 0 Å². The summed E-state index contributed by atoms with van der Waals surface area (Å²) in [6.07, 6.45) is 0.848. The summed E-state index contributed by atoms with van der Waals surface area (Å²) in [5.41, 5.74) is 4.52. The fraction of sp³-hybridized carbons (Fsp3) is 0.259. The summed E-state index contributed by atoms with van der Waals surface area (Å²) in [7, 11) is 3.29. The number of benzene rings is 3.